The number of hydrogen-bond donors (Lipinski definition) is 4. The molecule has 4 N–H and O–H groups in total. The minimum Gasteiger partial charge on any atom is -0.381 e. The molecule has 14 nitrogen and oxygen atoms in total. The van der Waals surface area contributed by atoms with Crippen LogP contribution in [0.1, 0.15) is 101 Å². The average Bonchev–Trinajstić information content (AvgIpc) is 3.33. The van der Waals surface area contributed by atoms with Gasteiger partial charge < -0.3 is 14.8 Å². The topological polar surface area (TPSA) is 143 Å². The van der Waals surface area contributed by atoms with Crippen molar-refractivity contribution in [2.45, 2.75) is 103 Å². The Balaban J connectivity index is 0.868. The number of halogens is 3. The van der Waals surface area contributed by atoms with Crippen LogP contribution in [0.25, 0.3) is 0 Å². The molecule has 6 heterocycles. The summed E-state index contributed by atoms with van der Waals surface area (Å²) in [7, 11) is 0. The van der Waals surface area contributed by atoms with Crippen molar-refractivity contribution in [2.75, 3.05) is 91.4 Å². The molecule has 0 amide bonds. The Morgan fingerprint density at radius 2 is 1.23 bits per heavy atom. The van der Waals surface area contributed by atoms with Crippen molar-refractivity contribution in [3.63, 3.8) is 0 Å². The maximum absolute atomic E-state index is 6.86. The third-order valence-corrected chi connectivity index (χ3v) is 17.8. The van der Waals surface area contributed by atoms with E-state index in [4.69, 9.17) is 40.5 Å². The van der Waals surface area contributed by atoms with Gasteiger partial charge in [-0.2, -0.15) is 0 Å². The summed E-state index contributed by atoms with van der Waals surface area (Å²) in [4.78, 5) is 18.9. The number of aryl methyl sites for hydroxylation is 1. The number of hydrogen-bond acceptors (Lipinski definition) is 14. The third-order valence-electron chi connectivity index (χ3n) is 13.0. The molecule has 0 radical (unpaired) electrons. The van der Waals surface area contributed by atoms with Gasteiger partial charge in [-0.25, -0.2) is 0 Å². The number of benzene rings is 2. The van der Waals surface area contributed by atoms with Crippen molar-refractivity contribution in [2.24, 2.45) is 11.8 Å². The number of aromatic nitrogens is 4. The summed E-state index contributed by atoms with van der Waals surface area (Å²) < 4.78 is 30.5. The molecule has 0 spiro atoms. The van der Waals surface area contributed by atoms with Gasteiger partial charge >= 0.3 is 332 Å². The third kappa shape index (κ3) is 14.3. The van der Waals surface area contributed by atoms with Crippen molar-refractivity contribution in [3.8, 4) is 11.5 Å². The van der Waals surface area contributed by atoms with Crippen molar-refractivity contribution in [1.82, 2.24) is 26.2 Å². The summed E-state index contributed by atoms with van der Waals surface area (Å²) in [6.45, 7) is 17.7. The summed E-state index contributed by atoms with van der Waals surface area (Å²) in [5, 5.41) is 14.5. The van der Waals surface area contributed by atoms with Crippen LogP contribution in [-0.2, 0) is 9.47 Å². The summed E-state index contributed by atoms with van der Waals surface area (Å²) >= 11 is 8.79. The van der Waals surface area contributed by atoms with Crippen LogP contribution in [-0.4, -0.2) is 108 Å². The van der Waals surface area contributed by atoms with Crippen molar-refractivity contribution in [3.05, 3.63) is 70.5 Å². The van der Waals surface area contributed by atoms with Crippen molar-refractivity contribution in [1.29, 1.82) is 0 Å². The molecule has 8 rings (SSSR count). The van der Waals surface area contributed by atoms with E-state index < -0.39 is 0 Å². The molecule has 2 aromatic heterocycles. The SMILES string of the molecule is Cc1cnc(Nc2ccc(C3CCN([I-]CC(C)Oc4cc(C5CCN(I)CC5)ccc4Nc4ncc(Cl)c(NCC5CCOCC5)n4)CC3)cc2OC(C)C)nc1NCC1CCOCC1. The normalized spacial score (nSPS) is 19.2. The minimum absolute atomic E-state index is 0.0312. The van der Waals surface area contributed by atoms with Crippen LogP contribution < -0.4 is 52.2 Å². The van der Waals surface area contributed by atoms with Gasteiger partial charge in [-0.15, -0.1) is 0 Å². The second-order valence-corrected chi connectivity index (χ2v) is 23.2. The van der Waals surface area contributed by atoms with E-state index in [0.29, 0.717) is 46.4 Å². The first kappa shape index (κ1) is 49.4. The number of ether oxygens (including phenoxy) is 4. The molecule has 0 bridgehead atoms. The smallest absolute Gasteiger partial charge is 0.381 e. The zero-order valence-corrected chi connectivity index (χ0v) is 44.0. The fourth-order valence-corrected chi connectivity index (χ4v) is 12.3. The predicted octanol–water partition coefficient (Wildman–Crippen LogP) is 7.36. The fraction of sp³-hybridized carbons (Fsp3) is 0.592. The molecule has 4 saturated heterocycles. The number of nitrogens with zero attached hydrogens (tertiary/aromatic N) is 6. The molecule has 4 fully saturated rings. The average molecular weight is 1150 g/mol. The number of anilines is 6. The molecular formula is C49H68ClI2N10O4-. The molecule has 1 atom stereocenters. The van der Waals surface area contributed by atoms with E-state index in [2.05, 4.69) is 117 Å². The Kier molecular flexibility index (Phi) is 18.4. The summed E-state index contributed by atoms with van der Waals surface area (Å²) in [6, 6.07) is 13.3. The number of rotatable bonds is 19. The summed E-state index contributed by atoms with van der Waals surface area (Å²) in [5.74, 6) is 6.35. The van der Waals surface area contributed by atoms with E-state index >= 15 is 0 Å². The quantitative estimate of drug-likeness (QED) is 0.0422. The number of nitrogens with one attached hydrogen (secondary N) is 4. The first-order valence-corrected chi connectivity index (χ1v) is 27.8. The molecule has 0 saturated carbocycles. The monoisotopic (exact) mass is 1150 g/mol. The van der Waals surface area contributed by atoms with Crippen molar-refractivity contribution < 1.29 is 40.4 Å². The van der Waals surface area contributed by atoms with Gasteiger partial charge in [-0.3, -0.25) is 0 Å². The second-order valence-electron chi connectivity index (χ2n) is 18.5. The van der Waals surface area contributed by atoms with E-state index in [-0.39, 0.29) is 33.7 Å². The van der Waals surface area contributed by atoms with Gasteiger partial charge in [0.05, 0.1) is 0 Å². The van der Waals surface area contributed by atoms with E-state index in [1.165, 1.54) is 11.1 Å². The van der Waals surface area contributed by atoms with Gasteiger partial charge in [0.2, 0.25) is 0 Å². The molecule has 360 valence electrons. The van der Waals surface area contributed by atoms with Crippen molar-refractivity contribution >= 4 is 69.4 Å². The minimum atomic E-state index is -0.227. The second kappa shape index (κ2) is 24.5. The Labute approximate surface area is 421 Å². The molecule has 1 unspecified atom stereocenters. The molecule has 0 aliphatic carbocycles. The van der Waals surface area contributed by atoms with Crippen LogP contribution in [0.4, 0.5) is 34.9 Å². The molecular weight excluding hydrogens is 1080 g/mol. The summed E-state index contributed by atoms with van der Waals surface area (Å²) in [6.07, 6.45) is 12.4. The Hall–Kier alpha value is -3.01. The van der Waals surface area contributed by atoms with Crippen LogP contribution in [0, 0.1) is 18.8 Å². The fourth-order valence-electron chi connectivity index (χ4n) is 9.02. The molecule has 4 aliphatic heterocycles. The predicted molar refractivity (Wildman–Crippen MR) is 269 cm³/mol. The zero-order valence-electron chi connectivity index (χ0n) is 39.0. The molecule has 4 aliphatic rings. The van der Waals surface area contributed by atoms with Gasteiger partial charge in [0.25, 0.3) is 0 Å². The van der Waals surface area contributed by atoms with Gasteiger partial charge in [0, 0.05) is 38.5 Å². The standard InChI is InChI=1S/C49H68ClI2N10O4/c1-32(2)65-44-25-39(5-7-42(44)57-48-55-28-33(3)46(59-48)53-29-35-13-21-63-22-14-35)38-11-19-62(20-12-38)52-27-34(4)66-45-26-40(37-9-17-61(51)18-10-37)6-8-43(45)58-49-56-31-41(50)47(60-49)54-30-36-15-23-64-24-16-36/h5-8,25-26,28,31-32,34-38H,9-24,27,29-30H2,1-4H3,(H2,53,55,57,59)(H2,54,56,58,60)/q-1. The van der Waals surface area contributed by atoms with Crippen LogP contribution >= 0.6 is 34.5 Å². The van der Waals surface area contributed by atoms with Gasteiger partial charge in [0.1, 0.15) is 0 Å². The molecule has 2 aromatic carbocycles. The van der Waals surface area contributed by atoms with E-state index in [1.807, 2.05) is 13.1 Å². The Morgan fingerprint density at radius 3 is 1.80 bits per heavy atom. The van der Waals surface area contributed by atoms with Crippen LogP contribution in [0.5, 0.6) is 11.5 Å². The van der Waals surface area contributed by atoms with E-state index in [0.717, 1.165) is 156 Å². The Morgan fingerprint density at radius 1 is 0.712 bits per heavy atom. The van der Waals surface area contributed by atoms with Crippen LogP contribution in [0.3, 0.4) is 0 Å². The molecule has 17 heteroatoms. The molecule has 66 heavy (non-hydrogen) atoms. The van der Waals surface area contributed by atoms with Crippen LogP contribution in [0.2, 0.25) is 5.02 Å². The Bertz CT molecular complexity index is 2170. The van der Waals surface area contributed by atoms with Gasteiger partial charge in [-0.05, 0) is 38.5 Å². The first-order valence-electron chi connectivity index (χ1n) is 24.0. The van der Waals surface area contributed by atoms with E-state index in [1.54, 1.807) is 6.20 Å². The zero-order chi connectivity index (χ0) is 45.8. The number of piperidine rings is 2. The summed E-state index contributed by atoms with van der Waals surface area (Å²) in [5.41, 5.74) is 5.43. The first-order chi connectivity index (χ1) is 32.1. The van der Waals surface area contributed by atoms with Gasteiger partial charge in [0.15, 0.2) is 0 Å². The maximum atomic E-state index is 6.86. The van der Waals surface area contributed by atoms with Gasteiger partial charge in [-0.1, -0.05) is 0 Å². The molecule has 4 aromatic rings. The van der Waals surface area contributed by atoms with Crippen LogP contribution in [0.15, 0.2) is 48.8 Å². The van der Waals surface area contributed by atoms with E-state index in [9.17, 15) is 0 Å². The number of alkyl halides is 1.